The summed E-state index contributed by atoms with van der Waals surface area (Å²) in [4.78, 5) is 12.4. The first kappa shape index (κ1) is 18.0. The lowest BCUT2D eigenvalue weighted by molar-refractivity contribution is -0.145. The fourth-order valence-corrected chi connectivity index (χ4v) is 2.63. The van der Waals surface area contributed by atoms with Crippen LogP contribution in [0.4, 0.5) is 13.2 Å². The van der Waals surface area contributed by atoms with Crippen LogP contribution in [0.2, 0.25) is 0 Å². The molecule has 1 heterocycles. The van der Waals surface area contributed by atoms with E-state index in [1.54, 1.807) is 20.8 Å². The maximum Gasteiger partial charge on any atom is 0.433 e. The van der Waals surface area contributed by atoms with Gasteiger partial charge in [0, 0.05) is 6.04 Å². The molecule has 2 rings (SSSR count). The number of amides is 1. The van der Waals surface area contributed by atoms with Crippen molar-refractivity contribution in [3.8, 4) is 0 Å². The lowest BCUT2D eigenvalue weighted by Gasteiger charge is -2.18. The van der Waals surface area contributed by atoms with Gasteiger partial charge in [0.05, 0.1) is 17.8 Å². The van der Waals surface area contributed by atoms with E-state index in [2.05, 4.69) is 10.4 Å². The molecule has 0 spiro atoms. The van der Waals surface area contributed by atoms with Crippen LogP contribution < -0.4 is 5.32 Å². The summed E-state index contributed by atoms with van der Waals surface area (Å²) < 4.78 is 40.9. The Morgan fingerprint density at radius 2 is 1.83 bits per heavy atom. The van der Waals surface area contributed by atoms with Crippen LogP contribution in [0.25, 0.3) is 0 Å². The third kappa shape index (κ3) is 3.60. The molecular weight excluding hydrogens is 319 g/mol. The van der Waals surface area contributed by atoms with E-state index in [1.807, 2.05) is 31.2 Å². The molecule has 1 aromatic carbocycles. The van der Waals surface area contributed by atoms with Gasteiger partial charge in [0.25, 0.3) is 5.91 Å². The van der Waals surface area contributed by atoms with Gasteiger partial charge in [-0.05, 0) is 38.8 Å². The number of carbonyl (C=O) groups is 1. The van der Waals surface area contributed by atoms with Gasteiger partial charge in [0.15, 0.2) is 5.69 Å². The molecule has 130 valence electrons. The van der Waals surface area contributed by atoms with Crippen molar-refractivity contribution in [1.29, 1.82) is 0 Å². The minimum Gasteiger partial charge on any atom is -0.345 e. The highest BCUT2D eigenvalue weighted by Gasteiger charge is 2.40. The number of nitrogens with zero attached hydrogens (tertiary/aromatic N) is 2. The zero-order chi connectivity index (χ0) is 18.1. The zero-order valence-corrected chi connectivity index (χ0v) is 14.0. The molecule has 1 amide bonds. The smallest absolute Gasteiger partial charge is 0.345 e. The Morgan fingerprint density at radius 3 is 2.38 bits per heavy atom. The molecule has 1 N–H and O–H groups in total. The van der Waals surface area contributed by atoms with Crippen LogP contribution in [0.5, 0.6) is 0 Å². The number of hydrogen-bond donors (Lipinski definition) is 1. The number of aryl methyl sites for hydroxylation is 1. The Labute approximate surface area is 138 Å². The molecule has 24 heavy (non-hydrogen) atoms. The van der Waals surface area contributed by atoms with E-state index in [9.17, 15) is 18.0 Å². The largest absolute Gasteiger partial charge is 0.433 e. The van der Waals surface area contributed by atoms with E-state index in [4.69, 9.17) is 0 Å². The van der Waals surface area contributed by atoms with Crippen molar-refractivity contribution in [1.82, 2.24) is 15.1 Å². The van der Waals surface area contributed by atoms with Crippen LogP contribution in [0, 0.1) is 6.92 Å². The summed E-state index contributed by atoms with van der Waals surface area (Å²) in [5.41, 5.74) is 0.332. The summed E-state index contributed by atoms with van der Waals surface area (Å²) in [5, 5.41) is 6.36. The van der Waals surface area contributed by atoms with Gasteiger partial charge in [-0.2, -0.15) is 18.3 Å². The van der Waals surface area contributed by atoms with E-state index < -0.39 is 35.4 Å². The van der Waals surface area contributed by atoms with E-state index in [1.165, 1.54) is 0 Å². The standard InChI is InChI=1S/C17H20F3N3O/c1-10(2)23-15(17(18,19)20)14(9-21-23)16(24)22-12(4)13-8-6-5-7-11(13)3/h5-10,12H,1-4H3,(H,22,24). The van der Waals surface area contributed by atoms with Crippen LogP contribution in [0.15, 0.2) is 30.5 Å². The van der Waals surface area contributed by atoms with Crippen molar-refractivity contribution in [2.45, 2.75) is 46.0 Å². The molecule has 0 aliphatic carbocycles. The Hall–Kier alpha value is -2.31. The van der Waals surface area contributed by atoms with Crippen molar-refractivity contribution in [2.24, 2.45) is 0 Å². The minimum absolute atomic E-state index is 0.415. The molecule has 0 saturated heterocycles. The average Bonchev–Trinajstić information content (AvgIpc) is 2.92. The number of halogens is 3. The monoisotopic (exact) mass is 339 g/mol. The first-order valence-corrected chi connectivity index (χ1v) is 7.64. The molecule has 7 heteroatoms. The molecule has 1 aromatic heterocycles. The van der Waals surface area contributed by atoms with E-state index in [0.29, 0.717) is 0 Å². The van der Waals surface area contributed by atoms with Crippen LogP contribution in [0.3, 0.4) is 0 Å². The van der Waals surface area contributed by atoms with E-state index in [0.717, 1.165) is 22.0 Å². The first-order chi connectivity index (χ1) is 11.1. The van der Waals surface area contributed by atoms with Crippen LogP contribution in [-0.2, 0) is 6.18 Å². The predicted octanol–water partition coefficient (Wildman–Crippen LogP) is 4.28. The maximum atomic E-state index is 13.3. The molecule has 1 unspecified atom stereocenters. The number of carbonyl (C=O) groups excluding carboxylic acids is 1. The Bertz CT molecular complexity index is 735. The second kappa shape index (κ2) is 6.67. The highest BCUT2D eigenvalue weighted by molar-refractivity contribution is 5.95. The summed E-state index contributed by atoms with van der Waals surface area (Å²) in [6.45, 7) is 6.79. The molecule has 0 bridgehead atoms. The average molecular weight is 339 g/mol. The van der Waals surface area contributed by atoms with Gasteiger partial charge in [0.1, 0.15) is 0 Å². The SMILES string of the molecule is Cc1ccccc1C(C)NC(=O)c1cnn(C(C)C)c1C(F)(F)F. The summed E-state index contributed by atoms with van der Waals surface area (Å²) in [6, 6.07) is 6.49. The van der Waals surface area contributed by atoms with Gasteiger partial charge < -0.3 is 5.32 Å². The maximum absolute atomic E-state index is 13.3. The number of rotatable bonds is 4. The van der Waals surface area contributed by atoms with Crippen molar-refractivity contribution >= 4 is 5.91 Å². The zero-order valence-electron chi connectivity index (χ0n) is 14.0. The number of nitrogens with one attached hydrogen (secondary N) is 1. The van der Waals surface area contributed by atoms with Crippen molar-refractivity contribution in [3.05, 3.63) is 52.8 Å². The van der Waals surface area contributed by atoms with Gasteiger partial charge >= 0.3 is 6.18 Å². The summed E-state index contributed by atoms with van der Waals surface area (Å²) in [6.07, 6.45) is -3.68. The highest BCUT2D eigenvalue weighted by atomic mass is 19.4. The number of benzene rings is 1. The quantitative estimate of drug-likeness (QED) is 0.904. The Kier molecular flexibility index (Phi) is 5.01. The fourth-order valence-electron chi connectivity index (χ4n) is 2.63. The number of hydrogen-bond acceptors (Lipinski definition) is 2. The lowest BCUT2D eigenvalue weighted by Crippen LogP contribution is -2.29. The Morgan fingerprint density at radius 1 is 1.21 bits per heavy atom. The van der Waals surface area contributed by atoms with Crippen LogP contribution in [0.1, 0.15) is 60.0 Å². The Balaban J connectivity index is 2.32. The third-order valence-corrected chi connectivity index (χ3v) is 3.80. The molecule has 1 atom stereocenters. The molecular formula is C17H20F3N3O. The van der Waals surface area contributed by atoms with Gasteiger partial charge in [-0.15, -0.1) is 0 Å². The van der Waals surface area contributed by atoms with Gasteiger partial charge in [0.2, 0.25) is 0 Å². The molecule has 0 aliphatic rings. The molecule has 4 nitrogen and oxygen atoms in total. The first-order valence-electron chi connectivity index (χ1n) is 7.64. The molecule has 0 aliphatic heterocycles. The molecule has 0 saturated carbocycles. The minimum atomic E-state index is -4.65. The molecule has 0 radical (unpaired) electrons. The normalized spacial score (nSPS) is 13.2. The van der Waals surface area contributed by atoms with Crippen LogP contribution >= 0.6 is 0 Å². The van der Waals surface area contributed by atoms with Crippen molar-refractivity contribution in [3.63, 3.8) is 0 Å². The van der Waals surface area contributed by atoms with Crippen molar-refractivity contribution < 1.29 is 18.0 Å². The molecule has 2 aromatic rings. The third-order valence-electron chi connectivity index (χ3n) is 3.80. The number of aromatic nitrogens is 2. The highest BCUT2D eigenvalue weighted by Crippen LogP contribution is 2.33. The molecule has 0 fully saturated rings. The van der Waals surface area contributed by atoms with E-state index in [-0.39, 0.29) is 0 Å². The van der Waals surface area contributed by atoms with Crippen LogP contribution in [-0.4, -0.2) is 15.7 Å². The van der Waals surface area contributed by atoms with E-state index >= 15 is 0 Å². The second-order valence-corrected chi connectivity index (χ2v) is 5.99. The lowest BCUT2D eigenvalue weighted by atomic mass is 10.0. The number of alkyl halides is 3. The van der Waals surface area contributed by atoms with Gasteiger partial charge in [-0.1, -0.05) is 24.3 Å². The summed E-state index contributed by atoms with van der Waals surface area (Å²) in [7, 11) is 0. The topological polar surface area (TPSA) is 46.9 Å². The fraction of sp³-hybridized carbons (Fsp3) is 0.412. The predicted molar refractivity (Wildman–Crippen MR) is 84.7 cm³/mol. The van der Waals surface area contributed by atoms with Gasteiger partial charge in [-0.25, -0.2) is 0 Å². The summed E-state index contributed by atoms with van der Waals surface area (Å²) in [5.74, 6) is -0.787. The van der Waals surface area contributed by atoms with Crippen molar-refractivity contribution in [2.75, 3.05) is 0 Å². The second-order valence-electron chi connectivity index (χ2n) is 5.99. The van der Waals surface area contributed by atoms with Gasteiger partial charge in [-0.3, -0.25) is 9.48 Å². The summed E-state index contributed by atoms with van der Waals surface area (Å²) >= 11 is 0.